The van der Waals surface area contributed by atoms with Gasteiger partial charge in [-0.05, 0) is 50.4 Å². The Labute approximate surface area is 139 Å². The first-order chi connectivity index (χ1) is 10.7. The molecule has 0 bridgehead atoms. The van der Waals surface area contributed by atoms with E-state index < -0.39 is 0 Å². The standard InChI is InChI=1S/C20H40O2/c1-5-9-17(7-3)15-21-19-11-13-20(14-12-19)22-16-18(8-4)10-6-2/h17-20H,5-16H2,1-4H3. The molecular weight excluding hydrogens is 272 g/mol. The van der Waals surface area contributed by atoms with Crippen molar-refractivity contribution in [3.63, 3.8) is 0 Å². The summed E-state index contributed by atoms with van der Waals surface area (Å²) in [6.45, 7) is 11.0. The van der Waals surface area contributed by atoms with E-state index >= 15 is 0 Å². The van der Waals surface area contributed by atoms with Gasteiger partial charge in [-0.2, -0.15) is 0 Å². The SMILES string of the molecule is CCCC(CC)COC1CCC(OCC(CC)CCC)CC1. The average molecular weight is 313 g/mol. The van der Waals surface area contributed by atoms with Crippen LogP contribution in [0, 0.1) is 11.8 Å². The maximum Gasteiger partial charge on any atom is 0.0577 e. The molecule has 0 amide bonds. The van der Waals surface area contributed by atoms with E-state index in [2.05, 4.69) is 27.7 Å². The van der Waals surface area contributed by atoms with Gasteiger partial charge in [0.25, 0.3) is 0 Å². The van der Waals surface area contributed by atoms with E-state index in [1.165, 1.54) is 64.2 Å². The maximum atomic E-state index is 6.17. The van der Waals surface area contributed by atoms with Crippen LogP contribution in [0.5, 0.6) is 0 Å². The van der Waals surface area contributed by atoms with Gasteiger partial charge in [0.1, 0.15) is 0 Å². The van der Waals surface area contributed by atoms with Crippen LogP contribution in [0.2, 0.25) is 0 Å². The van der Waals surface area contributed by atoms with E-state index in [0.717, 1.165) is 25.0 Å². The van der Waals surface area contributed by atoms with Crippen molar-refractivity contribution >= 4 is 0 Å². The van der Waals surface area contributed by atoms with Crippen LogP contribution in [-0.2, 0) is 9.47 Å². The minimum atomic E-state index is 0.489. The van der Waals surface area contributed by atoms with Gasteiger partial charge in [-0.3, -0.25) is 0 Å². The minimum Gasteiger partial charge on any atom is -0.378 e. The second kappa shape index (κ2) is 12.4. The molecule has 2 atom stereocenters. The van der Waals surface area contributed by atoms with Crippen molar-refractivity contribution in [1.82, 2.24) is 0 Å². The molecule has 1 rings (SSSR count). The largest absolute Gasteiger partial charge is 0.378 e. The molecule has 0 aromatic heterocycles. The molecule has 0 heterocycles. The molecule has 0 aromatic carbocycles. The first-order valence-electron chi connectivity index (χ1n) is 9.96. The van der Waals surface area contributed by atoms with Crippen molar-refractivity contribution in [2.75, 3.05) is 13.2 Å². The van der Waals surface area contributed by atoms with Gasteiger partial charge in [-0.25, -0.2) is 0 Å². The van der Waals surface area contributed by atoms with E-state index in [4.69, 9.17) is 9.47 Å². The summed E-state index contributed by atoms with van der Waals surface area (Å²) in [5.74, 6) is 1.52. The predicted molar refractivity (Wildman–Crippen MR) is 95.3 cm³/mol. The fourth-order valence-electron chi connectivity index (χ4n) is 3.54. The molecule has 1 aliphatic carbocycles. The van der Waals surface area contributed by atoms with Crippen LogP contribution < -0.4 is 0 Å². The Bertz CT molecular complexity index is 220. The maximum absolute atomic E-state index is 6.17. The number of hydrogen-bond acceptors (Lipinski definition) is 2. The molecule has 0 aliphatic heterocycles. The van der Waals surface area contributed by atoms with E-state index in [0.29, 0.717) is 12.2 Å². The Balaban J connectivity index is 2.14. The number of ether oxygens (including phenoxy) is 2. The predicted octanol–water partition coefficient (Wildman–Crippen LogP) is 5.98. The highest BCUT2D eigenvalue weighted by atomic mass is 16.5. The van der Waals surface area contributed by atoms with Gasteiger partial charge in [-0.1, -0.05) is 53.4 Å². The summed E-state index contributed by atoms with van der Waals surface area (Å²) in [6, 6.07) is 0. The molecule has 132 valence electrons. The zero-order valence-electron chi connectivity index (χ0n) is 15.6. The van der Waals surface area contributed by atoms with Gasteiger partial charge in [0.15, 0.2) is 0 Å². The quantitative estimate of drug-likeness (QED) is 0.441. The third-order valence-electron chi connectivity index (χ3n) is 5.31. The topological polar surface area (TPSA) is 18.5 Å². The molecule has 2 unspecified atom stereocenters. The monoisotopic (exact) mass is 312 g/mol. The summed E-state index contributed by atoms with van der Waals surface area (Å²) in [5.41, 5.74) is 0. The lowest BCUT2D eigenvalue weighted by molar-refractivity contribution is -0.0485. The molecule has 0 saturated heterocycles. The summed E-state index contributed by atoms with van der Waals surface area (Å²) in [7, 11) is 0. The van der Waals surface area contributed by atoms with Crippen LogP contribution >= 0.6 is 0 Å². The highest BCUT2D eigenvalue weighted by Crippen LogP contribution is 2.26. The molecule has 2 nitrogen and oxygen atoms in total. The highest BCUT2D eigenvalue weighted by molar-refractivity contribution is 4.74. The minimum absolute atomic E-state index is 0.489. The number of hydrogen-bond donors (Lipinski definition) is 0. The lowest BCUT2D eigenvalue weighted by atomic mass is 9.94. The van der Waals surface area contributed by atoms with Crippen LogP contribution in [0.1, 0.15) is 91.9 Å². The van der Waals surface area contributed by atoms with Crippen molar-refractivity contribution in [3.05, 3.63) is 0 Å². The van der Waals surface area contributed by atoms with Gasteiger partial charge in [0.2, 0.25) is 0 Å². The Hall–Kier alpha value is -0.0800. The van der Waals surface area contributed by atoms with Gasteiger partial charge in [0, 0.05) is 13.2 Å². The molecule has 0 N–H and O–H groups in total. The molecule has 1 saturated carbocycles. The highest BCUT2D eigenvalue weighted by Gasteiger charge is 2.23. The second-order valence-electron chi connectivity index (χ2n) is 7.19. The zero-order valence-corrected chi connectivity index (χ0v) is 15.6. The van der Waals surface area contributed by atoms with Crippen molar-refractivity contribution in [2.24, 2.45) is 11.8 Å². The Kier molecular flexibility index (Phi) is 11.2. The number of rotatable bonds is 12. The summed E-state index contributed by atoms with van der Waals surface area (Å²) in [4.78, 5) is 0. The Morgan fingerprint density at radius 2 is 1.05 bits per heavy atom. The molecule has 0 spiro atoms. The third-order valence-corrected chi connectivity index (χ3v) is 5.31. The average Bonchev–Trinajstić information content (AvgIpc) is 2.56. The molecule has 0 radical (unpaired) electrons. The fraction of sp³-hybridized carbons (Fsp3) is 1.00. The lowest BCUT2D eigenvalue weighted by Crippen LogP contribution is -2.29. The summed E-state index contributed by atoms with van der Waals surface area (Å²) < 4.78 is 12.3. The molecule has 0 aromatic rings. The molecule has 22 heavy (non-hydrogen) atoms. The van der Waals surface area contributed by atoms with Crippen LogP contribution in [0.25, 0.3) is 0 Å². The van der Waals surface area contributed by atoms with E-state index in [1.807, 2.05) is 0 Å². The van der Waals surface area contributed by atoms with E-state index in [1.54, 1.807) is 0 Å². The van der Waals surface area contributed by atoms with Crippen LogP contribution in [0.3, 0.4) is 0 Å². The van der Waals surface area contributed by atoms with Crippen molar-refractivity contribution in [3.8, 4) is 0 Å². The molecular formula is C20H40O2. The van der Waals surface area contributed by atoms with Gasteiger partial charge in [-0.15, -0.1) is 0 Å². The zero-order chi connectivity index (χ0) is 16.2. The van der Waals surface area contributed by atoms with E-state index in [9.17, 15) is 0 Å². The van der Waals surface area contributed by atoms with Gasteiger partial charge >= 0.3 is 0 Å². The lowest BCUT2D eigenvalue weighted by Gasteiger charge is -2.30. The van der Waals surface area contributed by atoms with Crippen molar-refractivity contribution in [1.29, 1.82) is 0 Å². The molecule has 1 fully saturated rings. The summed E-state index contributed by atoms with van der Waals surface area (Å²) in [5, 5.41) is 0. The summed E-state index contributed by atoms with van der Waals surface area (Å²) in [6.07, 6.45) is 13.4. The normalized spacial score (nSPS) is 25.1. The van der Waals surface area contributed by atoms with Crippen LogP contribution in [0.15, 0.2) is 0 Å². The van der Waals surface area contributed by atoms with Gasteiger partial charge in [0.05, 0.1) is 12.2 Å². The summed E-state index contributed by atoms with van der Waals surface area (Å²) >= 11 is 0. The Morgan fingerprint density at radius 1 is 0.682 bits per heavy atom. The van der Waals surface area contributed by atoms with Crippen LogP contribution in [0.4, 0.5) is 0 Å². The van der Waals surface area contributed by atoms with Crippen LogP contribution in [-0.4, -0.2) is 25.4 Å². The Morgan fingerprint density at radius 3 is 1.32 bits per heavy atom. The van der Waals surface area contributed by atoms with E-state index in [-0.39, 0.29) is 0 Å². The first-order valence-corrected chi connectivity index (χ1v) is 9.96. The molecule has 2 heteroatoms. The smallest absolute Gasteiger partial charge is 0.0577 e. The second-order valence-corrected chi connectivity index (χ2v) is 7.19. The first kappa shape index (κ1) is 20.0. The van der Waals surface area contributed by atoms with Crippen molar-refractivity contribution in [2.45, 2.75) is 104 Å². The fourth-order valence-corrected chi connectivity index (χ4v) is 3.54. The third kappa shape index (κ3) is 7.97. The van der Waals surface area contributed by atoms with Crippen molar-refractivity contribution < 1.29 is 9.47 Å². The van der Waals surface area contributed by atoms with Gasteiger partial charge < -0.3 is 9.47 Å². The molecule has 1 aliphatic rings.